The fourth-order valence-electron chi connectivity index (χ4n) is 2.62. The number of benzene rings is 2. The largest absolute Gasteiger partial charge is 0.378 e. The Morgan fingerprint density at radius 3 is 2.35 bits per heavy atom. The minimum atomic E-state index is -0.303. The highest BCUT2D eigenvalue weighted by Gasteiger charge is 2.08. The molecule has 2 aromatic carbocycles. The highest BCUT2D eigenvalue weighted by Crippen LogP contribution is 2.25. The molecule has 1 N–H and O–H groups in total. The van der Waals surface area contributed by atoms with E-state index in [9.17, 15) is 9.59 Å². The quantitative estimate of drug-likeness (QED) is 0.787. The summed E-state index contributed by atoms with van der Waals surface area (Å²) in [5.74, 6) is -0.303. The Morgan fingerprint density at radius 2 is 1.69 bits per heavy atom. The fourth-order valence-corrected chi connectivity index (χ4v) is 2.62. The van der Waals surface area contributed by atoms with Crippen molar-refractivity contribution < 1.29 is 4.79 Å². The lowest BCUT2D eigenvalue weighted by atomic mass is 10.0. The zero-order chi connectivity index (χ0) is 18.7. The van der Waals surface area contributed by atoms with E-state index in [1.54, 1.807) is 19.3 Å². The van der Waals surface area contributed by atoms with Crippen molar-refractivity contribution in [3.8, 4) is 11.1 Å². The van der Waals surface area contributed by atoms with E-state index < -0.39 is 0 Å². The van der Waals surface area contributed by atoms with Gasteiger partial charge in [-0.05, 0) is 41.5 Å². The summed E-state index contributed by atoms with van der Waals surface area (Å²) in [4.78, 5) is 26.1. The number of hydrogen-bond acceptors (Lipinski definition) is 3. The van der Waals surface area contributed by atoms with Crippen LogP contribution >= 0.6 is 0 Å². The van der Waals surface area contributed by atoms with Crippen molar-refractivity contribution in [3.63, 3.8) is 0 Å². The first-order valence-corrected chi connectivity index (χ1v) is 8.30. The van der Waals surface area contributed by atoms with Crippen LogP contribution in [0.2, 0.25) is 0 Å². The van der Waals surface area contributed by atoms with Crippen molar-refractivity contribution in [2.75, 3.05) is 24.3 Å². The van der Waals surface area contributed by atoms with Crippen LogP contribution in [0, 0.1) is 0 Å². The number of aromatic nitrogens is 1. The third-order valence-electron chi connectivity index (χ3n) is 4.20. The smallest absolute Gasteiger partial charge is 0.255 e. The predicted octanol–water partition coefficient (Wildman–Crippen LogP) is 3.37. The molecule has 26 heavy (non-hydrogen) atoms. The monoisotopic (exact) mass is 347 g/mol. The molecule has 0 atom stereocenters. The summed E-state index contributed by atoms with van der Waals surface area (Å²) in [7, 11) is 5.65. The molecule has 0 saturated heterocycles. The molecule has 0 aliphatic heterocycles. The van der Waals surface area contributed by atoms with E-state index in [2.05, 4.69) is 29.6 Å². The molecule has 3 rings (SSSR count). The molecule has 1 aromatic heterocycles. The van der Waals surface area contributed by atoms with Gasteiger partial charge in [0.05, 0.1) is 0 Å². The Labute approximate surface area is 152 Å². The molecular weight excluding hydrogens is 326 g/mol. The van der Waals surface area contributed by atoms with Crippen LogP contribution in [0.1, 0.15) is 10.4 Å². The maximum absolute atomic E-state index is 12.4. The van der Waals surface area contributed by atoms with Crippen LogP contribution in [0.3, 0.4) is 0 Å². The summed E-state index contributed by atoms with van der Waals surface area (Å²) < 4.78 is 1.43. The van der Waals surface area contributed by atoms with Gasteiger partial charge in [-0.15, -0.1) is 0 Å². The molecule has 0 unspecified atom stereocenters. The summed E-state index contributed by atoms with van der Waals surface area (Å²) in [5.41, 5.74) is 4.02. The van der Waals surface area contributed by atoms with Crippen LogP contribution in [-0.2, 0) is 7.05 Å². The van der Waals surface area contributed by atoms with Crippen LogP contribution < -0.4 is 15.8 Å². The van der Waals surface area contributed by atoms with Crippen LogP contribution in [0.15, 0.2) is 71.7 Å². The minimum absolute atomic E-state index is 0.215. The van der Waals surface area contributed by atoms with Gasteiger partial charge in [0.1, 0.15) is 0 Å². The number of nitrogens with zero attached hydrogens (tertiary/aromatic N) is 2. The number of rotatable bonds is 4. The predicted molar refractivity (Wildman–Crippen MR) is 106 cm³/mol. The van der Waals surface area contributed by atoms with E-state index in [4.69, 9.17) is 0 Å². The van der Waals surface area contributed by atoms with Crippen molar-refractivity contribution in [1.29, 1.82) is 0 Å². The molecule has 0 fully saturated rings. The number of anilines is 2. The van der Waals surface area contributed by atoms with Gasteiger partial charge in [0.25, 0.3) is 11.5 Å². The third-order valence-corrected chi connectivity index (χ3v) is 4.20. The second kappa shape index (κ2) is 7.27. The van der Waals surface area contributed by atoms with E-state index in [0.29, 0.717) is 11.3 Å². The number of amides is 1. The van der Waals surface area contributed by atoms with Gasteiger partial charge in [-0.3, -0.25) is 9.59 Å². The summed E-state index contributed by atoms with van der Waals surface area (Å²) >= 11 is 0. The number of aryl methyl sites for hydroxylation is 1. The number of nitrogens with one attached hydrogen (secondary N) is 1. The molecule has 1 amide bonds. The topological polar surface area (TPSA) is 54.3 Å². The van der Waals surface area contributed by atoms with E-state index >= 15 is 0 Å². The molecule has 3 aromatic rings. The highest BCUT2D eigenvalue weighted by molar-refractivity contribution is 6.04. The molecule has 5 heteroatoms. The van der Waals surface area contributed by atoms with Crippen LogP contribution in [0.25, 0.3) is 11.1 Å². The summed E-state index contributed by atoms with van der Waals surface area (Å²) in [5, 5.41) is 2.85. The molecule has 0 radical (unpaired) electrons. The Bertz CT molecular complexity index is 989. The number of carbonyl (C=O) groups is 1. The lowest BCUT2D eigenvalue weighted by molar-refractivity contribution is 0.102. The summed E-state index contributed by atoms with van der Waals surface area (Å²) in [6.07, 6.45) is 1.58. The second-order valence-corrected chi connectivity index (χ2v) is 6.34. The second-order valence-electron chi connectivity index (χ2n) is 6.34. The van der Waals surface area contributed by atoms with E-state index in [1.165, 1.54) is 10.6 Å². The number of pyridine rings is 1. The maximum atomic E-state index is 12.4. The molecule has 0 aliphatic carbocycles. The van der Waals surface area contributed by atoms with Gasteiger partial charge < -0.3 is 14.8 Å². The van der Waals surface area contributed by atoms with Crippen LogP contribution in [-0.4, -0.2) is 24.6 Å². The lowest BCUT2D eigenvalue weighted by Gasteiger charge is -2.13. The van der Waals surface area contributed by atoms with Crippen molar-refractivity contribution in [2.24, 2.45) is 7.05 Å². The van der Waals surface area contributed by atoms with Crippen molar-refractivity contribution >= 4 is 17.3 Å². The molecule has 132 valence electrons. The first-order chi connectivity index (χ1) is 12.4. The average molecular weight is 347 g/mol. The fraction of sp³-hybridized carbons (Fsp3) is 0.143. The minimum Gasteiger partial charge on any atom is -0.378 e. The molecule has 5 nitrogen and oxygen atoms in total. The lowest BCUT2D eigenvalue weighted by Crippen LogP contribution is -2.19. The van der Waals surface area contributed by atoms with Gasteiger partial charge in [-0.2, -0.15) is 0 Å². The number of hydrogen-bond donors (Lipinski definition) is 1. The van der Waals surface area contributed by atoms with Crippen LogP contribution in [0.4, 0.5) is 11.4 Å². The standard InChI is InChI=1S/C21H21N3O2/c1-23(2)19-9-7-15(8-10-19)16-5-4-6-18(13-16)22-21(26)17-11-12-24(3)20(25)14-17/h4-14H,1-3H3,(H,22,26). The van der Waals surface area contributed by atoms with Gasteiger partial charge in [-0.1, -0.05) is 24.3 Å². The third kappa shape index (κ3) is 3.83. The summed E-state index contributed by atoms with van der Waals surface area (Å²) in [6, 6.07) is 18.8. The van der Waals surface area contributed by atoms with Crippen molar-refractivity contribution in [2.45, 2.75) is 0 Å². The van der Waals surface area contributed by atoms with Crippen molar-refractivity contribution in [1.82, 2.24) is 4.57 Å². The molecule has 1 heterocycles. The zero-order valence-corrected chi connectivity index (χ0v) is 15.1. The first-order valence-electron chi connectivity index (χ1n) is 8.30. The Hall–Kier alpha value is -3.34. The van der Waals surface area contributed by atoms with Crippen LogP contribution in [0.5, 0.6) is 0 Å². The van der Waals surface area contributed by atoms with Gasteiger partial charge in [0, 0.05) is 50.3 Å². The van der Waals surface area contributed by atoms with E-state index in [0.717, 1.165) is 16.8 Å². The number of carbonyl (C=O) groups excluding carboxylic acids is 1. The van der Waals surface area contributed by atoms with E-state index in [1.807, 2.05) is 43.3 Å². The Morgan fingerprint density at radius 1 is 0.962 bits per heavy atom. The first kappa shape index (κ1) is 17.5. The molecule has 0 aliphatic rings. The van der Waals surface area contributed by atoms with Gasteiger partial charge in [0.15, 0.2) is 0 Å². The molecule has 0 bridgehead atoms. The highest BCUT2D eigenvalue weighted by atomic mass is 16.2. The molecule has 0 spiro atoms. The molecular formula is C21H21N3O2. The Kier molecular flexibility index (Phi) is 4.89. The van der Waals surface area contributed by atoms with Gasteiger partial charge in [0.2, 0.25) is 0 Å². The average Bonchev–Trinajstić information content (AvgIpc) is 2.64. The van der Waals surface area contributed by atoms with Crippen molar-refractivity contribution in [3.05, 3.63) is 82.8 Å². The van der Waals surface area contributed by atoms with Gasteiger partial charge >= 0.3 is 0 Å². The zero-order valence-electron chi connectivity index (χ0n) is 15.1. The van der Waals surface area contributed by atoms with Gasteiger partial charge in [-0.25, -0.2) is 0 Å². The molecule has 0 saturated carbocycles. The normalized spacial score (nSPS) is 10.4. The Balaban J connectivity index is 1.81. The maximum Gasteiger partial charge on any atom is 0.255 e. The van der Waals surface area contributed by atoms with E-state index in [-0.39, 0.29) is 11.5 Å². The summed E-state index contributed by atoms with van der Waals surface area (Å²) in [6.45, 7) is 0. The SMILES string of the molecule is CN(C)c1ccc(-c2cccc(NC(=O)c3ccn(C)c(=O)c3)c2)cc1.